The van der Waals surface area contributed by atoms with Crippen LogP contribution in [0, 0.1) is 11.6 Å². The maximum absolute atomic E-state index is 13.8. The molecule has 19 heavy (non-hydrogen) atoms. The van der Waals surface area contributed by atoms with Gasteiger partial charge < -0.3 is 4.90 Å². The van der Waals surface area contributed by atoms with Crippen LogP contribution in [0.4, 0.5) is 8.78 Å². The van der Waals surface area contributed by atoms with E-state index in [4.69, 9.17) is 0 Å². The van der Waals surface area contributed by atoms with Crippen molar-refractivity contribution in [3.8, 4) is 11.1 Å². The molecule has 2 aromatic rings. The highest BCUT2D eigenvalue weighted by molar-refractivity contribution is 5.85. The molecule has 0 saturated heterocycles. The van der Waals surface area contributed by atoms with E-state index in [-0.39, 0.29) is 12.4 Å². The van der Waals surface area contributed by atoms with E-state index < -0.39 is 11.6 Å². The number of halogens is 3. The van der Waals surface area contributed by atoms with Crippen LogP contribution in [0.1, 0.15) is 5.56 Å². The quantitative estimate of drug-likeness (QED) is 0.819. The van der Waals surface area contributed by atoms with E-state index in [9.17, 15) is 8.78 Å². The van der Waals surface area contributed by atoms with Crippen LogP contribution in [0.3, 0.4) is 0 Å². The van der Waals surface area contributed by atoms with Gasteiger partial charge in [-0.05, 0) is 31.3 Å². The second-order valence-electron chi connectivity index (χ2n) is 4.50. The van der Waals surface area contributed by atoms with Crippen LogP contribution < -0.4 is 0 Å². The van der Waals surface area contributed by atoms with Crippen molar-refractivity contribution in [3.05, 3.63) is 59.7 Å². The van der Waals surface area contributed by atoms with Gasteiger partial charge in [0.1, 0.15) is 0 Å². The van der Waals surface area contributed by atoms with E-state index in [0.717, 1.165) is 17.2 Å². The smallest absolute Gasteiger partial charge is 0.166 e. The van der Waals surface area contributed by atoms with Crippen LogP contribution in [0.15, 0.2) is 42.5 Å². The van der Waals surface area contributed by atoms with Crippen molar-refractivity contribution in [2.75, 3.05) is 14.1 Å². The lowest BCUT2D eigenvalue weighted by Crippen LogP contribution is -2.11. The highest BCUT2D eigenvalue weighted by Crippen LogP contribution is 2.28. The van der Waals surface area contributed by atoms with Crippen molar-refractivity contribution in [1.82, 2.24) is 4.90 Å². The average Bonchev–Trinajstić information content (AvgIpc) is 2.33. The third-order valence-electron chi connectivity index (χ3n) is 2.75. The van der Waals surface area contributed by atoms with Crippen LogP contribution in [-0.4, -0.2) is 19.0 Å². The molecule has 102 valence electrons. The lowest BCUT2D eigenvalue weighted by atomic mass is 9.99. The lowest BCUT2D eigenvalue weighted by Gasteiger charge is -2.14. The fourth-order valence-corrected chi connectivity index (χ4v) is 1.97. The molecule has 0 aliphatic heterocycles. The molecule has 0 amide bonds. The van der Waals surface area contributed by atoms with Gasteiger partial charge in [0, 0.05) is 12.1 Å². The second kappa shape index (κ2) is 6.64. The van der Waals surface area contributed by atoms with Crippen LogP contribution in [0.25, 0.3) is 11.1 Å². The first-order valence-electron chi connectivity index (χ1n) is 5.76. The topological polar surface area (TPSA) is 3.24 Å². The van der Waals surface area contributed by atoms with Crippen molar-refractivity contribution in [1.29, 1.82) is 0 Å². The SMILES string of the molecule is CN(C)Cc1ccccc1-c1cccc(F)c1F.Cl. The van der Waals surface area contributed by atoms with E-state index >= 15 is 0 Å². The standard InChI is InChI=1S/C15H15F2N.ClH/c1-18(2)10-11-6-3-4-7-12(11)13-8-5-9-14(16)15(13)17;/h3-9H,10H2,1-2H3;1H. The summed E-state index contributed by atoms with van der Waals surface area (Å²) in [6, 6.07) is 11.7. The first kappa shape index (κ1) is 15.6. The largest absolute Gasteiger partial charge is 0.305 e. The number of benzene rings is 2. The molecule has 1 nitrogen and oxygen atoms in total. The van der Waals surface area contributed by atoms with Crippen molar-refractivity contribution < 1.29 is 8.78 Å². The Hall–Kier alpha value is -1.45. The van der Waals surface area contributed by atoms with Crippen molar-refractivity contribution in [3.63, 3.8) is 0 Å². The normalized spacial score (nSPS) is 10.4. The summed E-state index contributed by atoms with van der Waals surface area (Å²) >= 11 is 0. The Balaban J connectivity index is 0.00000180. The molecule has 0 atom stereocenters. The molecular weight excluding hydrogens is 268 g/mol. The molecule has 0 fully saturated rings. The van der Waals surface area contributed by atoms with E-state index in [2.05, 4.69) is 0 Å². The molecule has 4 heteroatoms. The van der Waals surface area contributed by atoms with Crippen LogP contribution in [-0.2, 0) is 6.54 Å². The fraction of sp³-hybridized carbons (Fsp3) is 0.200. The van der Waals surface area contributed by atoms with Gasteiger partial charge in [0.15, 0.2) is 11.6 Å². The third-order valence-corrected chi connectivity index (χ3v) is 2.75. The van der Waals surface area contributed by atoms with E-state index in [1.807, 2.05) is 43.3 Å². The zero-order chi connectivity index (χ0) is 13.1. The molecule has 0 heterocycles. The molecule has 0 aliphatic rings. The Kier molecular flexibility index (Phi) is 5.45. The molecule has 0 N–H and O–H groups in total. The van der Waals surface area contributed by atoms with Gasteiger partial charge in [0.2, 0.25) is 0 Å². The van der Waals surface area contributed by atoms with Crippen LogP contribution in [0.2, 0.25) is 0 Å². The van der Waals surface area contributed by atoms with E-state index in [1.165, 1.54) is 6.07 Å². The molecule has 0 bridgehead atoms. The van der Waals surface area contributed by atoms with Gasteiger partial charge in [0.05, 0.1) is 0 Å². The molecular formula is C15H16ClF2N. The summed E-state index contributed by atoms with van der Waals surface area (Å²) in [4.78, 5) is 2.00. The van der Waals surface area contributed by atoms with Gasteiger partial charge in [-0.3, -0.25) is 0 Å². The molecule has 0 aliphatic carbocycles. The third kappa shape index (κ3) is 3.52. The Morgan fingerprint density at radius 1 is 0.895 bits per heavy atom. The van der Waals surface area contributed by atoms with Gasteiger partial charge in [-0.2, -0.15) is 0 Å². The highest BCUT2D eigenvalue weighted by Gasteiger charge is 2.12. The molecule has 0 unspecified atom stereocenters. The summed E-state index contributed by atoms with van der Waals surface area (Å²) in [5.41, 5.74) is 2.03. The molecule has 0 radical (unpaired) electrons. The molecule has 0 saturated carbocycles. The van der Waals surface area contributed by atoms with Gasteiger partial charge in [-0.1, -0.05) is 36.4 Å². The molecule has 2 aromatic carbocycles. The first-order valence-corrected chi connectivity index (χ1v) is 5.76. The second-order valence-corrected chi connectivity index (χ2v) is 4.50. The number of hydrogen-bond acceptors (Lipinski definition) is 1. The van der Waals surface area contributed by atoms with Gasteiger partial charge >= 0.3 is 0 Å². The summed E-state index contributed by atoms with van der Waals surface area (Å²) in [7, 11) is 3.89. The Morgan fingerprint density at radius 2 is 1.53 bits per heavy atom. The Labute approximate surface area is 118 Å². The summed E-state index contributed by atoms with van der Waals surface area (Å²) in [6.07, 6.45) is 0. The van der Waals surface area contributed by atoms with E-state index in [0.29, 0.717) is 12.1 Å². The zero-order valence-corrected chi connectivity index (χ0v) is 11.7. The number of hydrogen-bond donors (Lipinski definition) is 0. The first-order chi connectivity index (χ1) is 8.59. The maximum atomic E-state index is 13.8. The molecule has 0 aromatic heterocycles. The maximum Gasteiger partial charge on any atom is 0.166 e. The molecule has 0 spiro atoms. The van der Waals surface area contributed by atoms with Crippen molar-refractivity contribution >= 4 is 12.4 Å². The van der Waals surface area contributed by atoms with Crippen LogP contribution in [0.5, 0.6) is 0 Å². The molecule has 2 rings (SSSR count). The predicted octanol–water partition coefficient (Wildman–Crippen LogP) is 4.12. The summed E-state index contributed by atoms with van der Waals surface area (Å²) in [6.45, 7) is 0.687. The minimum absolute atomic E-state index is 0. The van der Waals surface area contributed by atoms with Gasteiger partial charge in [0.25, 0.3) is 0 Å². The minimum atomic E-state index is -0.813. The van der Waals surface area contributed by atoms with Gasteiger partial charge in [-0.15, -0.1) is 12.4 Å². The Bertz CT molecular complexity index is 556. The number of nitrogens with zero attached hydrogens (tertiary/aromatic N) is 1. The van der Waals surface area contributed by atoms with E-state index in [1.54, 1.807) is 6.07 Å². The lowest BCUT2D eigenvalue weighted by molar-refractivity contribution is 0.403. The zero-order valence-electron chi connectivity index (χ0n) is 10.9. The monoisotopic (exact) mass is 283 g/mol. The fourth-order valence-electron chi connectivity index (χ4n) is 1.97. The summed E-state index contributed by atoms with van der Waals surface area (Å²) in [5, 5.41) is 0. The Morgan fingerprint density at radius 3 is 2.21 bits per heavy atom. The average molecular weight is 284 g/mol. The van der Waals surface area contributed by atoms with Gasteiger partial charge in [-0.25, -0.2) is 8.78 Å². The number of rotatable bonds is 3. The summed E-state index contributed by atoms with van der Waals surface area (Å²) in [5.74, 6) is -1.60. The van der Waals surface area contributed by atoms with Crippen molar-refractivity contribution in [2.45, 2.75) is 6.54 Å². The summed E-state index contributed by atoms with van der Waals surface area (Å²) < 4.78 is 27.1. The van der Waals surface area contributed by atoms with Crippen LogP contribution >= 0.6 is 12.4 Å². The predicted molar refractivity (Wildman–Crippen MR) is 76.4 cm³/mol. The van der Waals surface area contributed by atoms with Crippen molar-refractivity contribution in [2.24, 2.45) is 0 Å². The highest BCUT2D eigenvalue weighted by atomic mass is 35.5. The minimum Gasteiger partial charge on any atom is -0.305 e.